The van der Waals surface area contributed by atoms with Crippen molar-refractivity contribution < 1.29 is 9.59 Å². The van der Waals surface area contributed by atoms with Crippen molar-refractivity contribution in [3.63, 3.8) is 0 Å². The number of rotatable bonds is 8. The second kappa shape index (κ2) is 9.08. The number of hydrogen-bond acceptors (Lipinski definition) is 4. The summed E-state index contributed by atoms with van der Waals surface area (Å²) in [5, 5.41) is 10.5. The SMILES string of the molecule is CC(C)CC(=O)Nc1c2c(nn1CC(=O)NCCc1ccccc1)CSC2. The van der Waals surface area contributed by atoms with Crippen LogP contribution in [0.5, 0.6) is 0 Å². The van der Waals surface area contributed by atoms with E-state index in [0.717, 1.165) is 29.2 Å². The smallest absolute Gasteiger partial charge is 0.241 e. The van der Waals surface area contributed by atoms with E-state index in [-0.39, 0.29) is 24.3 Å². The lowest BCUT2D eigenvalue weighted by Gasteiger charge is -2.12. The zero-order chi connectivity index (χ0) is 19.2. The maximum atomic E-state index is 12.4. The minimum absolute atomic E-state index is 0.0321. The topological polar surface area (TPSA) is 76.0 Å². The van der Waals surface area contributed by atoms with E-state index in [2.05, 4.69) is 15.7 Å². The summed E-state index contributed by atoms with van der Waals surface area (Å²) in [5.41, 5.74) is 3.21. The summed E-state index contributed by atoms with van der Waals surface area (Å²) in [6, 6.07) is 10.1. The Labute approximate surface area is 164 Å². The average Bonchev–Trinajstić information content (AvgIpc) is 3.18. The van der Waals surface area contributed by atoms with Gasteiger partial charge in [-0.25, -0.2) is 4.68 Å². The van der Waals surface area contributed by atoms with Crippen LogP contribution in [0.1, 0.15) is 37.1 Å². The summed E-state index contributed by atoms with van der Waals surface area (Å²) in [4.78, 5) is 24.6. The van der Waals surface area contributed by atoms with Gasteiger partial charge >= 0.3 is 0 Å². The first kappa shape index (κ1) is 19.5. The Morgan fingerprint density at radius 2 is 1.96 bits per heavy atom. The van der Waals surface area contributed by atoms with Gasteiger partial charge in [-0.3, -0.25) is 9.59 Å². The number of nitrogens with zero attached hydrogens (tertiary/aromatic N) is 2. The predicted molar refractivity (Wildman–Crippen MR) is 108 cm³/mol. The molecule has 2 amide bonds. The Bertz CT molecular complexity index is 802. The Morgan fingerprint density at radius 3 is 2.70 bits per heavy atom. The third kappa shape index (κ3) is 5.35. The zero-order valence-corrected chi connectivity index (χ0v) is 16.6. The molecule has 0 atom stereocenters. The maximum absolute atomic E-state index is 12.4. The normalized spacial score (nSPS) is 12.9. The summed E-state index contributed by atoms with van der Waals surface area (Å²) in [7, 11) is 0. The van der Waals surface area contributed by atoms with E-state index in [9.17, 15) is 9.59 Å². The highest BCUT2D eigenvalue weighted by atomic mass is 32.2. The van der Waals surface area contributed by atoms with Gasteiger partial charge in [0.1, 0.15) is 12.4 Å². The third-order valence-corrected chi connectivity index (χ3v) is 5.31. The van der Waals surface area contributed by atoms with Crippen molar-refractivity contribution in [1.29, 1.82) is 0 Å². The molecule has 1 aromatic heterocycles. The molecular weight excluding hydrogens is 360 g/mol. The van der Waals surface area contributed by atoms with Crippen molar-refractivity contribution in [3.05, 3.63) is 47.2 Å². The van der Waals surface area contributed by atoms with Gasteiger partial charge in [-0.1, -0.05) is 44.2 Å². The minimum Gasteiger partial charge on any atom is -0.354 e. The molecule has 0 fully saturated rings. The summed E-state index contributed by atoms with van der Waals surface area (Å²) in [6.07, 6.45) is 1.24. The van der Waals surface area contributed by atoms with Crippen molar-refractivity contribution >= 4 is 29.4 Å². The fourth-order valence-electron chi connectivity index (χ4n) is 3.06. The molecule has 0 saturated heterocycles. The molecule has 6 nitrogen and oxygen atoms in total. The summed E-state index contributed by atoms with van der Waals surface area (Å²) in [5.74, 6) is 2.48. The molecule has 1 aliphatic rings. The predicted octanol–water partition coefficient (Wildman–Crippen LogP) is 2.97. The summed E-state index contributed by atoms with van der Waals surface area (Å²) >= 11 is 1.78. The van der Waals surface area contributed by atoms with Crippen LogP contribution >= 0.6 is 11.8 Å². The van der Waals surface area contributed by atoms with Crippen LogP contribution in [0.4, 0.5) is 5.82 Å². The second-order valence-electron chi connectivity index (χ2n) is 7.16. The number of thioether (sulfide) groups is 1. The van der Waals surface area contributed by atoms with Crippen molar-refractivity contribution in [1.82, 2.24) is 15.1 Å². The molecular formula is C20H26N4O2S. The van der Waals surface area contributed by atoms with Crippen molar-refractivity contribution in [2.75, 3.05) is 11.9 Å². The first-order valence-electron chi connectivity index (χ1n) is 9.29. The van der Waals surface area contributed by atoms with Gasteiger partial charge in [0.15, 0.2) is 0 Å². The van der Waals surface area contributed by atoms with Gasteiger partial charge in [-0.2, -0.15) is 16.9 Å². The Balaban J connectivity index is 1.60. The minimum atomic E-state index is -0.0980. The molecule has 0 aliphatic carbocycles. The molecule has 7 heteroatoms. The van der Waals surface area contributed by atoms with Gasteiger partial charge in [-0.15, -0.1) is 0 Å². The molecule has 0 spiro atoms. The quantitative estimate of drug-likeness (QED) is 0.731. The fourth-order valence-corrected chi connectivity index (χ4v) is 4.09. The lowest BCUT2D eigenvalue weighted by Crippen LogP contribution is -2.30. The highest BCUT2D eigenvalue weighted by molar-refractivity contribution is 7.98. The molecule has 1 aliphatic heterocycles. The van der Waals surface area contributed by atoms with Crippen LogP contribution in [-0.4, -0.2) is 28.1 Å². The third-order valence-electron chi connectivity index (χ3n) is 4.34. The fraction of sp³-hybridized carbons (Fsp3) is 0.450. The largest absolute Gasteiger partial charge is 0.354 e. The molecule has 2 N–H and O–H groups in total. The van der Waals surface area contributed by atoms with Gasteiger partial charge < -0.3 is 10.6 Å². The van der Waals surface area contributed by atoms with E-state index in [1.165, 1.54) is 5.56 Å². The molecule has 144 valence electrons. The number of aromatic nitrogens is 2. The van der Waals surface area contributed by atoms with Crippen LogP contribution in [0.3, 0.4) is 0 Å². The lowest BCUT2D eigenvalue weighted by atomic mass is 10.1. The van der Waals surface area contributed by atoms with Crippen LogP contribution in [-0.2, 0) is 34.1 Å². The summed E-state index contributed by atoms with van der Waals surface area (Å²) < 4.78 is 1.64. The number of amides is 2. The monoisotopic (exact) mass is 386 g/mol. The molecule has 27 heavy (non-hydrogen) atoms. The highest BCUT2D eigenvalue weighted by Gasteiger charge is 2.25. The van der Waals surface area contributed by atoms with E-state index in [4.69, 9.17) is 0 Å². The van der Waals surface area contributed by atoms with Crippen LogP contribution in [0.2, 0.25) is 0 Å². The van der Waals surface area contributed by atoms with E-state index in [1.54, 1.807) is 16.4 Å². The first-order chi connectivity index (χ1) is 13.0. The van der Waals surface area contributed by atoms with E-state index < -0.39 is 0 Å². The van der Waals surface area contributed by atoms with Crippen molar-refractivity contribution in [2.24, 2.45) is 5.92 Å². The number of carbonyl (C=O) groups is 2. The van der Waals surface area contributed by atoms with E-state index in [1.807, 2.05) is 44.2 Å². The van der Waals surface area contributed by atoms with Gasteiger partial charge in [0, 0.05) is 30.0 Å². The molecule has 0 bridgehead atoms. The van der Waals surface area contributed by atoms with Crippen molar-refractivity contribution in [2.45, 2.75) is 44.7 Å². The Hall–Kier alpha value is -2.28. The molecule has 0 saturated carbocycles. The number of hydrogen-bond donors (Lipinski definition) is 2. The molecule has 2 aromatic rings. The molecule has 0 radical (unpaired) electrons. The first-order valence-corrected chi connectivity index (χ1v) is 10.4. The Morgan fingerprint density at radius 1 is 1.19 bits per heavy atom. The molecule has 3 rings (SSSR count). The number of anilines is 1. The van der Waals surface area contributed by atoms with Crippen LogP contribution in [0, 0.1) is 5.92 Å². The molecule has 2 heterocycles. The molecule has 0 unspecified atom stereocenters. The highest BCUT2D eigenvalue weighted by Crippen LogP contribution is 2.34. The van der Waals surface area contributed by atoms with Gasteiger partial charge in [0.05, 0.1) is 5.69 Å². The molecule has 1 aromatic carbocycles. The van der Waals surface area contributed by atoms with Crippen LogP contribution in [0.25, 0.3) is 0 Å². The zero-order valence-electron chi connectivity index (χ0n) is 15.8. The lowest BCUT2D eigenvalue weighted by molar-refractivity contribution is -0.122. The number of nitrogens with one attached hydrogen (secondary N) is 2. The van der Waals surface area contributed by atoms with Crippen molar-refractivity contribution in [3.8, 4) is 0 Å². The summed E-state index contributed by atoms with van der Waals surface area (Å²) in [6.45, 7) is 4.72. The average molecular weight is 387 g/mol. The number of carbonyl (C=O) groups excluding carboxylic acids is 2. The van der Waals surface area contributed by atoms with E-state index in [0.29, 0.717) is 18.8 Å². The van der Waals surface area contributed by atoms with E-state index >= 15 is 0 Å². The van der Waals surface area contributed by atoms with Crippen LogP contribution < -0.4 is 10.6 Å². The number of benzene rings is 1. The van der Waals surface area contributed by atoms with Crippen LogP contribution in [0.15, 0.2) is 30.3 Å². The second-order valence-corrected chi connectivity index (χ2v) is 8.14. The van der Waals surface area contributed by atoms with Gasteiger partial charge in [0.2, 0.25) is 11.8 Å². The number of fused-ring (bicyclic) bond motifs is 1. The van der Waals surface area contributed by atoms with Gasteiger partial charge in [-0.05, 0) is 17.9 Å². The maximum Gasteiger partial charge on any atom is 0.241 e. The standard InChI is InChI=1S/C20H26N4O2S/c1-14(2)10-18(25)22-20-16-12-27-13-17(16)23-24(20)11-19(26)21-9-8-15-6-4-3-5-7-15/h3-7,14H,8-13H2,1-2H3,(H,21,26)(H,22,25). The Kier molecular flexibility index (Phi) is 6.55. The van der Waals surface area contributed by atoms with Gasteiger partial charge in [0.25, 0.3) is 0 Å².